The van der Waals surface area contributed by atoms with Crippen LogP contribution in [0.15, 0.2) is 66.2 Å². The number of anilines is 1. The second kappa shape index (κ2) is 11.7. The second-order valence-corrected chi connectivity index (χ2v) is 9.17. The predicted octanol–water partition coefficient (Wildman–Crippen LogP) is 6.07. The first-order valence-electron chi connectivity index (χ1n) is 11.2. The van der Waals surface area contributed by atoms with Crippen molar-refractivity contribution in [2.75, 3.05) is 11.5 Å². The highest BCUT2D eigenvalue weighted by Crippen LogP contribution is 2.29. The largest absolute Gasteiger partial charge is 0.487 e. The molecular formula is C27H19Cl3N2O6. The van der Waals surface area contributed by atoms with Crippen molar-refractivity contribution in [2.45, 2.75) is 13.5 Å². The fourth-order valence-electron chi connectivity index (χ4n) is 3.53. The third kappa shape index (κ3) is 5.99. The van der Waals surface area contributed by atoms with Crippen LogP contribution in [0.25, 0.3) is 6.08 Å². The minimum absolute atomic E-state index is 0.169. The van der Waals surface area contributed by atoms with Gasteiger partial charge in [-0.2, -0.15) is 0 Å². The van der Waals surface area contributed by atoms with Crippen LogP contribution in [0.2, 0.25) is 15.1 Å². The van der Waals surface area contributed by atoms with E-state index < -0.39 is 23.8 Å². The molecule has 1 aliphatic heterocycles. The van der Waals surface area contributed by atoms with E-state index in [1.807, 2.05) is 0 Å². The summed E-state index contributed by atoms with van der Waals surface area (Å²) in [5.41, 5.74) is 1.36. The summed E-state index contributed by atoms with van der Waals surface area (Å²) >= 11 is 18.3. The molecular weight excluding hydrogens is 555 g/mol. The molecule has 194 valence electrons. The summed E-state index contributed by atoms with van der Waals surface area (Å²) in [7, 11) is 0. The van der Waals surface area contributed by atoms with Crippen LogP contribution in [0.4, 0.5) is 10.5 Å². The Labute approximate surface area is 232 Å². The fourth-order valence-corrected chi connectivity index (χ4v) is 4.10. The molecule has 38 heavy (non-hydrogen) atoms. The molecule has 1 heterocycles. The van der Waals surface area contributed by atoms with E-state index in [9.17, 15) is 19.2 Å². The third-order valence-corrected chi connectivity index (χ3v) is 6.42. The molecule has 0 aromatic heterocycles. The normalized spacial score (nSPS) is 14.5. The molecule has 3 aromatic carbocycles. The lowest BCUT2D eigenvalue weighted by atomic mass is 10.1. The first kappa shape index (κ1) is 27.2. The van der Waals surface area contributed by atoms with E-state index in [1.54, 1.807) is 37.3 Å². The van der Waals surface area contributed by atoms with Gasteiger partial charge in [-0.05, 0) is 72.7 Å². The van der Waals surface area contributed by atoms with Crippen LogP contribution in [0.1, 0.15) is 28.4 Å². The van der Waals surface area contributed by atoms with Crippen molar-refractivity contribution >= 4 is 70.4 Å². The van der Waals surface area contributed by atoms with Crippen LogP contribution in [-0.2, 0) is 20.9 Å². The van der Waals surface area contributed by atoms with Gasteiger partial charge in [-0.1, -0.05) is 46.9 Å². The van der Waals surface area contributed by atoms with E-state index in [4.69, 9.17) is 44.3 Å². The standard InChI is InChI=1S/C27H19Cl3N2O6/c1-2-37-26(35)17-5-7-18(8-6-17)32-25(34)19(24(33)31-27(32)36)11-15-4-10-23(22(30)12-15)38-14-16-3-9-20(28)21(29)13-16/h3-13H,2,14H2,1H3,(H,31,33,36)/b19-11+. The van der Waals surface area contributed by atoms with Crippen molar-refractivity contribution in [3.05, 3.63) is 98.0 Å². The second-order valence-electron chi connectivity index (χ2n) is 7.95. The van der Waals surface area contributed by atoms with Crippen LogP contribution >= 0.6 is 34.8 Å². The van der Waals surface area contributed by atoms with E-state index in [1.165, 1.54) is 36.4 Å². The van der Waals surface area contributed by atoms with Gasteiger partial charge in [0.15, 0.2) is 0 Å². The maximum atomic E-state index is 13.1. The summed E-state index contributed by atoms with van der Waals surface area (Å²) in [6.07, 6.45) is 1.32. The number of amides is 4. The molecule has 0 aliphatic carbocycles. The number of urea groups is 1. The molecule has 8 nitrogen and oxygen atoms in total. The minimum atomic E-state index is -0.912. The average molecular weight is 574 g/mol. The first-order valence-corrected chi connectivity index (χ1v) is 12.4. The highest BCUT2D eigenvalue weighted by molar-refractivity contribution is 6.42. The minimum Gasteiger partial charge on any atom is -0.487 e. The number of imide groups is 2. The van der Waals surface area contributed by atoms with Gasteiger partial charge in [-0.3, -0.25) is 14.9 Å². The Kier molecular flexibility index (Phi) is 8.36. The Morgan fingerprint density at radius 1 is 0.921 bits per heavy atom. The molecule has 1 N–H and O–H groups in total. The lowest BCUT2D eigenvalue weighted by Gasteiger charge is -2.26. The third-order valence-electron chi connectivity index (χ3n) is 5.38. The molecule has 0 bridgehead atoms. The highest BCUT2D eigenvalue weighted by Gasteiger charge is 2.36. The Morgan fingerprint density at radius 2 is 1.66 bits per heavy atom. The van der Waals surface area contributed by atoms with Gasteiger partial charge in [-0.15, -0.1) is 0 Å². The zero-order valence-corrected chi connectivity index (χ0v) is 22.1. The molecule has 3 aromatic rings. The van der Waals surface area contributed by atoms with E-state index in [2.05, 4.69) is 5.32 Å². The Bertz CT molecular complexity index is 1470. The van der Waals surface area contributed by atoms with Crippen LogP contribution in [0.3, 0.4) is 0 Å². The van der Waals surface area contributed by atoms with Gasteiger partial charge in [0.1, 0.15) is 17.9 Å². The molecule has 1 saturated heterocycles. The Hall–Kier alpha value is -3.85. The maximum absolute atomic E-state index is 13.1. The number of barbiturate groups is 1. The summed E-state index contributed by atoms with van der Waals surface area (Å²) < 4.78 is 10.7. The zero-order chi connectivity index (χ0) is 27.4. The summed E-state index contributed by atoms with van der Waals surface area (Å²) in [5.74, 6) is -1.85. The van der Waals surface area contributed by atoms with Crippen molar-refractivity contribution < 1.29 is 28.7 Å². The average Bonchev–Trinajstić information content (AvgIpc) is 2.88. The van der Waals surface area contributed by atoms with Gasteiger partial charge in [0.2, 0.25) is 0 Å². The summed E-state index contributed by atoms with van der Waals surface area (Å²) in [6.45, 7) is 2.07. The van der Waals surface area contributed by atoms with Crippen molar-refractivity contribution in [3.63, 3.8) is 0 Å². The number of ether oxygens (including phenoxy) is 2. The molecule has 0 saturated carbocycles. The van der Waals surface area contributed by atoms with Crippen molar-refractivity contribution in [1.29, 1.82) is 0 Å². The number of benzene rings is 3. The molecule has 0 atom stereocenters. The molecule has 0 unspecified atom stereocenters. The Balaban J connectivity index is 1.53. The molecule has 4 amide bonds. The zero-order valence-electron chi connectivity index (χ0n) is 19.8. The SMILES string of the molecule is CCOC(=O)c1ccc(N2C(=O)NC(=O)/C(=C\c3ccc(OCc4ccc(Cl)c(Cl)c4)c(Cl)c3)C2=O)cc1. The predicted molar refractivity (Wildman–Crippen MR) is 144 cm³/mol. The maximum Gasteiger partial charge on any atom is 0.338 e. The van der Waals surface area contributed by atoms with Gasteiger partial charge in [0.05, 0.1) is 32.9 Å². The van der Waals surface area contributed by atoms with E-state index in [0.29, 0.717) is 21.4 Å². The molecule has 0 radical (unpaired) electrons. The number of nitrogens with one attached hydrogen (secondary N) is 1. The number of rotatable bonds is 7. The number of nitrogens with zero attached hydrogens (tertiary/aromatic N) is 1. The lowest BCUT2D eigenvalue weighted by molar-refractivity contribution is -0.122. The highest BCUT2D eigenvalue weighted by atomic mass is 35.5. The Morgan fingerprint density at radius 3 is 2.32 bits per heavy atom. The summed E-state index contributed by atoms with van der Waals surface area (Å²) in [6, 6.07) is 14.6. The number of halogens is 3. The first-order chi connectivity index (χ1) is 18.2. The topological polar surface area (TPSA) is 102 Å². The summed E-state index contributed by atoms with van der Waals surface area (Å²) in [5, 5.41) is 3.22. The number of hydrogen-bond donors (Lipinski definition) is 1. The van der Waals surface area contributed by atoms with Gasteiger partial charge in [-0.25, -0.2) is 14.5 Å². The fraction of sp³-hybridized carbons (Fsp3) is 0.111. The van der Waals surface area contributed by atoms with Crippen molar-refractivity contribution in [3.8, 4) is 5.75 Å². The quantitative estimate of drug-likeness (QED) is 0.209. The van der Waals surface area contributed by atoms with Crippen molar-refractivity contribution in [1.82, 2.24) is 5.32 Å². The van der Waals surface area contributed by atoms with Gasteiger partial charge in [0, 0.05) is 0 Å². The van der Waals surface area contributed by atoms with Crippen LogP contribution in [-0.4, -0.2) is 30.4 Å². The number of hydrogen-bond acceptors (Lipinski definition) is 6. The summed E-state index contributed by atoms with van der Waals surface area (Å²) in [4.78, 5) is 50.8. The number of esters is 1. The molecule has 1 fully saturated rings. The van der Waals surface area contributed by atoms with Crippen LogP contribution in [0.5, 0.6) is 5.75 Å². The van der Waals surface area contributed by atoms with Gasteiger partial charge < -0.3 is 9.47 Å². The van der Waals surface area contributed by atoms with Crippen LogP contribution < -0.4 is 15.0 Å². The van der Waals surface area contributed by atoms with E-state index in [-0.39, 0.29) is 35.1 Å². The lowest BCUT2D eigenvalue weighted by Crippen LogP contribution is -2.54. The van der Waals surface area contributed by atoms with Crippen LogP contribution in [0, 0.1) is 0 Å². The van der Waals surface area contributed by atoms with E-state index in [0.717, 1.165) is 10.5 Å². The smallest absolute Gasteiger partial charge is 0.338 e. The molecule has 11 heteroatoms. The number of carbonyl (C=O) groups excluding carboxylic acids is 4. The molecule has 1 aliphatic rings. The van der Waals surface area contributed by atoms with Gasteiger partial charge >= 0.3 is 12.0 Å². The monoisotopic (exact) mass is 572 g/mol. The molecule has 4 rings (SSSR count). The van der Waals surface area contributed by atoms with Crippen molar-refractivity contribution in [2.24, 2.45) is 0 Å². The van der Waals surface area contributed by atoms with E-state index >= 15 is 0 Å². The number of carbonyl (C=O) groups is 4. The van der Waals surface area contributed by atoms with Gasteiger partial charge in [0.25, 0.3) is 11.8 Å². The molecule has 0 spiro atoms.